The molecule has 1 fully saturated rings. The molecule has 0 aromatic heterocycles. The lowest BCUT2D eigenvalue weighted by Gasteiger charge is -2.38. The van der Waals surface area contributed by atoms with Gasteiger partial charge in [-0.1, -0.05) is 38.3 Å². The van der Waals surface area contributed by atoms with E-state index < -0.39 is 10.0 Å². The first-order chi connectivity index (χ1) is 9.76. The summed E-state index contributed by atoms with van der Waals surface area (Å²) in [6.45, 7) is 3.91. The Morgan fingerprint density at radius 2 is 2.10 bits per heavy atom. The molecule has 1 unspecified atom stereocenters. The molecule has 1 aliphatic rings. The number of sulfonamides is 1. The van der Waals surface area contributed by atoms with Crippen molar-refractivity contribution in [3.8, 4) is 0 Å². The lowest BCUT2D eigenvalue weighted by Crippen LogP contribution is -2.46. The molecule has 21 heavy (non-hydrogen) atoms. The zero-order chi connectivity index (χ0) is 15.7. The van der Waals surface area contributed by atoms with Gasteiger partial charge in [-0.3, -0.25) is 0 Å². The standard InChI is InChI=1S/C15H22ClNO3S/c1-15(2)8-4-3-5-14(15)17-21(19,20)12-6-7-13(16)11(9-12)10-18/h6-7,9,14,17-18H,3-5,8,10H2,1-2H3. The van der Waals surface area contributed by atoms with Crippen LogP contribution in [-0.2, 0) is 16.6 Å². The van der Waals surface area contributed by atoms with Gasteiger partial charge in [-0.2, -0.15) is 0 Å². The molecule has 2 rings (SSSR count). The Morgan fingerprint density at radius 3 is 2.71 bits per heavy atom. The Labute approximate surface area is 131 Å². The van der Waals surface area contributed by atoms with Gasteiger partial charge < -0.3 is 5.11 Å². The Balaban J connectivity index is 2.26. The Morgan fingerprint density at radius 1 is 1.38 bits per heavy atom. The molecule has 1 aromatic carbocycles. The molecule has 1 aromatic rings. The third-order valence-corrected chi connectivity index (χ3v) is 6.14. The molecular weight excluding hydrogens is 310 g/mol. The van der Waals surface area contributed by atoms with Gasteiger partial charge in [0.05, 0.1) is 11.5 Å². The molecule has 0 radical (unpaired) electrons. The van der Waals surface area contributed by atoms with Crippen LogP contribution in [0.1, 0.15) is 45.1 Å². The molecule has 0 saturated heterocycles. The summed E-state index contributed by atoms with van der Waals surface area (Å²) in [6.07, 6.45) is 4.05. The minimum absolute atomic E-state index is 0.0441. The average molecular weight is 332 g/mol. The van der Waals surface area contributed by atoms with E-state index in [0.29, 0.717) is 10.6 Å². The van der Waals surface area contributed by atoms with Gasteiger partial charge in [-0.25, -0.2) is 13.1 Å². The predicted molar refractivity (Wildman–Crippen MR) is 83.7 cm³/mol. The first-order valence-corrected chi connectivity index (χ1v) is 9.04. The summed E-state index contributed by atoms with van der Waals surface area (Å²) < 4.78 is 27.9. The van der Waals surface area contributed by atoms with E-state index in [-0.39, 0.29) is 23.0 Å². The second kappa shape index (κ2) is 6.24. The van der Waals surface area contributed by atoms with E-state index in [1.807, 2.05) is 0 Å². The highest BCUT2D eigenvalue weighted by molar-refractivity contribution is 7.89. The fourth-order valence-corrected chi connectivity index (χ4v) is 4.48. The van der Waals surface area contributed by atoms with Crippen molar-refractivity contribution in [2.45, 2.75) is 57.1 Å². The van der Waals surface area contributed by atoms with Crippen LogP contribution in [0.5, 0.6) is 0 Å². The Bertz CT molecular complexity index is 613. The summed E-state index contributed by atoms with van der Waals surface area (Å²) in [6, 6.07) is 4.35. The molecule has 0 heterocycles. The highest BCUT2D eigenvalue weighted by atomic mass is 35.5. The van der Waals surface area contributed by atoms with Gasteiger partial charge in [0.2, 0.25) is 10.0 Å². The van der Waals surface area contributed by atoms with Crippen molar-refractivity contribution in [2.24, 2.45) is 5.41 Å². The van der Waals surface area contributed by atoms with Crippen LogP contribution in [0.25, 0.3) is 0 Å². The van der Waals surface area contributed by atoms with Crippen LogP contribution in [0.3, 0.4) is 0 Å². The highest BCUT2D eigenvalue weighted by Crippen LogP contribution is 2.36. The van der Waals surface area contributed by atoms with E-state index in [0.717, 1.165) is 25.7 Å². The first-order valence-electron chi connectivity index (χ1n) is 7.18. The molecule has 1 atom stereocenters. The number of benzene rings is 1. The number of rotatable bonds is 4. The van der Waals surface area contributed by atoms with Crippen molar-refractivity contribution in [1.82, 2.24) is 4.72 Å². The maximum atomic E-state index is 12.5. The third kappa shape index (κ3) is 3.77. The normalized spacial score (nSPS) is 22.2. The maximum Gasteiger partial charge on any atom is 0.240 e. The fourth-order valence-electron chi connectivity index (χ4n) is 2.81. The van der Waals surface area contributed by atoms with Gasteiger partial charge in [0.25, 0.3) is 0 Å². The maximum absolute atomic E-state index is 12.5. The molecule has 118 valence electrons. The van der Waals surface area contributed by atoms with E-state index in [2.05, 4.69) is 18.6 Å². The van der Waals surface area contributed by atoms with Crippen LogP contribution in [0, 0.1) is 5.41 Å². The van der Waals surface area contributed by atoms with E-state index in [1.54, 1.807) is 0 Å². The van der Waals surface area contributed by atoms with Crippen LogP contribution in [0.4, 0.5) is 0 Å². The van der Waals surface area contributed by atoms with Gasteiger partial charge >= 0.3 is 0 Å². The molecule has 1 saturated carbocycles. The van der Waals surface area contributed by atoms with E-state index in [1.165, 1.54) is 18.2 Å². The molecule has 0 amide bonds. The lowest BCUT2D eigenvalue weighted by atomic mass is 9.74. The minimum atomic E-state index is -3.60. The van der Waals surface area contributed by atoms with Crippen LogP contribution >= 0.6 is 11.6 Å². The van der Waals surface area contributed by atoms with E-state index >= 15 is 0 Å². The summed E-state index contributed by atoms with van der Waals surface area (Å²) in [5, 5.41) is 9.58. The van der Waals surface area contributed by atoms with Crippen LogP contribution < -0.4 is 4.72 Å². The SMILES string of the molecule is CC1(C)CCCCC1NS(=O)(=O)c1ccc(Cl)c(CO)c1. The molecule has 0 aliphatic heterocycles. The second-order valence-corrected chi connectivity index (χ2v) is 8.44. The zero-order valence-electron chi connectivity index (χ0n) is 12.4. The van der Waals surface area contributed by atoms with Crippen molar-refractivity contribution >= 4 is 21.6 Å². The second-order valence-electron chi connectivity index (χ2n) is 6.32. The number of hydrogen-bond donors (Lipinski definition) is 2. The topological polar surface area (TPSA) is 66.4 Å². The van der Waals surface area contributed by atoms with Crippen molar-refractivity contribution < 1.29 is 13.5 Å². The molecule has 2 N–H and O–H groups in total. The van der Waals surface area contributed by atoms with Crippen LogP contribution in [0.15, 0.2) is 23.1 Å². The van der Waals surface area contributed by atoms with Crippen molar-refractivity contribution in [3.05, 3.63) is 28.8 Å². The largest absolute Gasteiger partial charge is 0.392 e. The number of nitrogens with one attached hydrogen (secondary N) is 1. The van der Waals surface area contributed by atoms with Crippen molar-refractivity contribution in [3.63, 3.8) is 0 Å². The molecule has 1 aliphatic carbocycles. The summed E-state index contributed by atoms with van der Waals surface area (Å²) in [4.78, 5) is 0.150. The van der Waals surface area contributed by atoms with Gasteiger partial charge in [0.15, 0.2) is 0 Å². The molecule has 4 nitrogen and oxygen atoms in total. The summed E-state index contributed by atoms with van der Waals surface area (Å²) in [5.74, 6) is 0. The van der Waals surface area contributed by atoms with Gasteiger partial charge in [-0.15, -0.1) is 0 Å². The fraction of sp³-hybridized carbons (Fsp3) is 0.600. The minimum Gasteiger partial charge on any atom is -0.392 e. The number of aliphatic hydroxyl groups is 1. The van der Waals surface area contributed by atoms with Crippen molar-refractivity contribution in [1.29, 1.82) is 0 Å². The zero-order valence-corrected chi connectivity index (χ0v) is 14.0. The van der Waals surface area contributed by atoms with E-state index in [9.17, 15) is 13.5 Å². The van der Waals surface area contributed by atoms with Crippen LogP contribution in [-0.4, -0.2) is 19.6 Å². The highest BCUT2D eigenvalue weighted by Gasteiger charge is 2.35. The molecular formula is C15H22ClNO3S. The Kier molecular flexibility index (Phi) is 4.98. The van der Waals surface area contributed by atoms with E-state index in [4.69, 9.17) is 11.6 Å². The molecule has 6 heteroatoms. The lowest BCUT2D eigenvalue weighted by molar-refractivity contribution is 0.188. The first kappa shape index (κ1) is 16.7. The summed E-state index contributed by atoms with van der Waals surface area (Å²) in [5.41, 5.74) is 0.375. The quantitative estimate of drug-likeness (QED) is 0.891. The smallest absolute Gasteiger partial charge is 0.240 e. The predicted octanol–water partition coefficient (Wildman–Crippen LogP) is 3.08. The van der Waals surface area contributed by atoms with Crippen LogP contribution in [0.2, 0.25) is 5.02 Å². The van der Waals surface area contributed by atoms with Gasteiger partial charge in [-0.05, 0) is 42.0 Å². The van der Waals surface area contributed by atoms with Gasteiger partial charge in [0, 0.05) is 11.1 Å². The monoisotopic (exact) mass is 331 g/mol. The molecule has 0 bridgehead atoms. The number of hydrogen-bond acceptors (Lipinski definition) is 3. The average Bonchev–Trinajstić information content (AvgIpc) is 2.41. The summed E-state index contributed by atoms with van der Waals surface area (Å²) >= 11 is 5.91. The number of halogens is 1. The Hall–Kier alpha value is -0.620. The number of aliphatic hydroxyl groups excluding tert-OH is 1. The third-order valence-electron chi connectivity index (χ3n) is 4.30. The van der Waals surface area contributed by atoms with Crippen molar-refractivity contribution in [2.75, 3.05) is 0 Å². The van der Waals surface area contributed by atoms with Gasteiger partial charge in [0.1, 0.15) is 0 Å². The molecule has 0 spiro atoms. The summed E-state index contributed by atoms with van der Waals surface area (Å²) in [7, 11) is -3.60.